The topological polar surface area (TPSA) is 49.7 Å². The van der Waals surface area contributed by atoms with E-state index in [-0.39, 0.29) is 16.1 Å². The van der Waals surface area contributed by atoms with E-state index >= 15 is 0 Å². The van der Waals surface area contributed by atoms with E-state index in [9.17, 15) is 9.32 Å². The summed E-state index contributed by atoms with van der Waals surface area (Å²) in [5.74, 6) is 0.202. The van der Waals surface area contributed by atoms with Crippen LogP contribution in [0.2, 0.25) is 0 Å². The van der Waals surface area contributed by atoms with Crippen LogP contribution in [0.1, 0.15) is 61.8 Å². The fourth-order valence-electron chi connectivity index (χ4n) is 1.13. The first-order valence-corrected chi connectivity index (χ1v) is 7.64. The zero-order chi connectivity index (χ0) is 14.7. The molecule has 1 N–H and O–H groups in total. The van der Waals surface area contributed by atoms with Crippen molar-refractivity contribution in [1.82, 2.24) is 0 Å². The maximum Gasteiger partial charge on any atom is 0.144 e. The van der Waals surface area contributed by atoms with Crippen LogP contribution in [0.5, 0.6) is 0 Å². The van der Waals surface area contributed by atoms with Crippen LogP contribution >= 0.6 is 0 Å². The van der Waals surface area contributed by atoms with Crippen molar-refractivity contribution in [3.05, 3.63) is 0 Å². The third kappa shape index (κ3) is 6.10. The fraction of sp³-hybridized carbons (Fsp3) is 0.929. The van der Waals surface area contributed by atoms with Gasteiger partial charge in [-0.05, 0) is 32.1 Å². The van der Waals surface area contributed by atoms with E-state index in [2.05, 4.69) is 4.40 Å². The van der Waals surface area contributed by atoms with E-state index in [1.165, 1.54) is 0 Å². The summed E-state index contributed by atoms with van der Waals surface area (Å²) in [5, 5.41) is 10.1. The second-order valence-corrected chi connectivity index (χ2v) is 9.09. The molecule has 0 aliphatic heterocycles. The third-order valence-corrected chi connectivity index (χ3v) is 4.24. The van der Waals surface area contributed by atoms with Gasteiger partial charge in [-0.25, -0.2) is 4.21 Å². The molecule has 0 radical (unpaired) electrons. The highest BCUT2D eigenvalue weighted by atomic mass is 32.2. The number of hydrogen-bond donors (Lipinski definition) is 1. The lowest BCUT2D eigenvalue weighted by Gasteiger charge is -2.27. The molecule has 1 unspecified atom stereocenters. The Balaban J connectivity index is 5.01. The maximum atomic E-state index is 12.1. The zero-order valence-corrected chi connectivity index (χ0v) is 13.9. The van der Waals surface area contributed by atoms with E-state index in [0.717, 1.165) is 5.71 Å². The molecule has 0 aromatic carbocycles. The van der Waals surface area contributed by atoms with Crippen molar-refractivity contribution >= 4 is 16.7 Å². The van der Waals surface area contributed by atoms with E-state index in [4.69, 9.17) is 0 Å². The van der Waals surface area contributed by atoms with Crippen molar-refractivity contribution in [3.63, 3.8) is 0 Å². The zero-order valence-electron chi connectivity index (χ0n) is 13.1. The molecule has 0 bridgehead atoms. The molecule has 0 heterocycles. The molecule has 0 aromatic rings. The first-order valence-electron chi connectivity index (χ1n) is 6.53. The van der Waals surface area contributed by atoms with Gasteiger partial charge < -0.3 is 5.11 Å². The van der Waals surface area contributed by atoms with Gasteiger partial charge in [0.15, 0.2) is 0 Å². The molecule has 4 heteroatoms. The average Bonchev–Trinajstić information content (AvgIpc) is 2.12. The molecule has 0 fully saturated rings. The van der Waals surface area contributed by atoms with Crippen LogP contribution in [0, 0.1) is 11.3 Å². The van der Waals surface area contributed by atoms with Crippen LogP contribution in [0.15, 0.2) is 4.40 Å². The van der Waals surface area contributed by atoms with Crippen molar-refractivity contribution in [1.29, 1.82) is 0 Å². The van der Waals surface area contributed by atoms with Crippen LogP contribution in [-0.2, 0) is 11.0 Å². The van der Waals surface area contributed by atoms with E-state index < -0.39 is 17.1 Å². The summed E-state index contributed by atoms with van der Waals surface area (Å²) in [7, 11) is -1.25. The maximum absolute atomic E-state index is 12.1. The van der Waals surface area contributed by atoms with Gasteiger partial charge >= 0.3 is 0 Å². The Morgan fingerprint density at radius 3 is 1.89 bits per heavy atom. The van der Waals surface area contributed by atoms with Crippen LogP contribution in [0.4, 0.5) is 0 Å². The summed E-state index contributed by atoms with van der Waals surface area (Å²) in [5.41, 5.74) is 0.657. The van der Waals surface area contributed by atoms with Gasteiger partial charge in [-0.1, -0.05) is 34.6 Å². The molecule has 18 heavy (non-hydrogen) atoms. The molecule has 3 nitrogen and oxygen atoms in total. The van der Waals surface area contributed by atoms with Crippen molar-refractivity contribution in [2.45, 2.75) is 72.7 Å². The van der Waals surface area contributed by atoms with Crippen molar-refractivity contribution < 1.29 is 9.32 Å². The first-order chi connectivity index (χ1) is 7.85. The highest BCUT2D eigenvalue weighted by Gasteiger charge is 2.26. The molecule has 2 atom stereocenters. The second kappa shape index (κ2) is 6.29. The molecule has 0 rings (SSSR count). The standard InChI is InChI=1S/C14H29NO2S/c1-10(2)11(9-12(16)13(3,4)5)15-18(17)14(6,7)8/h10,12,16H,9H2,1-8H3/b15-11+/t12-,18?/m0/s1. The molecule has 0 amide bonds. The molecule has 108 valence electrons. The quantitative estimate of drug-likeness (QED) is 0.800. The van der Waals surface area contributed by atoms with Crippen LogP contribution in [0.25, 0.3) is 0 Å². The van der Waals surface area contributed by atoms with Crippen molar-refractivity contribution in [2.24, 2.45) is 15.7 Å². The van der Waals surface area contributed by atoms with Gasteiger partial charge in [-0.2, -0.15) is 4.40 Å². The van der Waals surface area contributed by atoms with Crippen LogP contribution < -0.4 is 0 Å². The average molecular weight is 275 g/mol. The Kier molecular flexibility index (Phi) is 6.21. The van der Waals surface area contributed by atoms with Gasteiger partial charge in [-0.15, -0.1) is 0 Å². The van der Waals surface area contributed by atoms with Crippen LogP contribution in [-0.4, -0.2) is 25.9 Å². The van der Waals surface area contributed by atoms with Gasteiger partial charge in [0.1, 0.15) is 11.0 Å². The van der Waals surface area contributed by atoms with Gasteiger partial charge in [0, 0.05) is 12.1 Å². The number of nitrogens with zero attached hydrogens (tertiary/aromatic N) is 1. The predicted molar refractivity (Wildman–Crippen MR) is 80.2 cm³/mol. The summed E-state index contributed by atoms with van der Waals surface area (Å²) in [6.07, 6.45) is 0.0267. The van der Waals surface area contributed by atoms with E-state index in [1.54, 1.807) is 0 Å². The van der Waals surface area contributed by atoms with Crippen molar-refractivity contribution in [3.8, 4) is 0 Å². The molecule has 0 saturated carbocycles. The SMILES string of the molecule is CC(C)/C(C[C@H](O)C(C)(C)C)=N/S(=O)C(C)(C)C. The summed E-state index contributed by atoms with van der Waals surface area (Å²) in [6, 6.07) is 0. The highest BCUT2D eigenvalue weighted by Crippen LogP contribution is 2.24. The highest BCUT2D eigenvalue weighted by molar-refractivity contribution is 7.85. The minimum absolute atomic E-state index is 0.182. The molecular formula is C14H29NO2S. The van der Waals surface area contributed by atoms with Crippen molar-refractivity contribution in [2.75, 3.05) is 0 Å². The fourth-order valence-corrected chi connectivity index (χ4v) is 1.90. The number of hydrogen-bond acceptors (Lipinski definition) is 2. The van der Waals surface area contributed by atoms with E-state index in [1.807, 2.05) is 55.4 Å². The minimum atomic E-state index is -1.25. The first kappa shape index (κ1) is 17.8. The van der Waals surface area contributed by atoms with Gasteiger partial charge in [0.2, 0.25) is 0 Å². The van der Waals surface area contributed by atoms with Gasteiger partial charge in [0.05, 0.1) is 10.9 Å². The predicted octanol–water partition coefficient (Wildman–Crippen LogP) is 3.34. The second-order valence-electron chi connectivity index (χ2n) is 7.18. The number of aliphatic hydroxyl groups is 1. The lowest BCUT2D eigenvalue weighted by Crippen LogP contribution is -2.31. The molecule has 0 saturated heterocycles. The normalized spacial score (nSPS) is 18.0. The minimum Gasteiger partial charge on any atom is -0.392 e. The van der Waals surface area contributed by atoms with E-state index in [0.29, 0.717) is 6.42 Å². The third-order valence-electron chi connectivity index (χ3n) is 2.79. The largest absolute Gasteiger partial charge is 0.392 e. The summed E-state index contributed by atoms with van der Waals surface area (Å²) in [4.78, 5) is 0. The Hall–Kier alpha value is -0.220. The monoisotopic (exact) mass is 275 g/mol. The Labute approximate surface area is 115 Å². The van der Waals surface area contributed by atoms with Gasteiger partial charge in [0.25, 0.3) is 0 Å². The molecule has 0 aromatic heterocycles. The summed E-state index contributed by atoms with van der Waals surface area (Å²) in [6.45, 7) is 15.8. The lowest BCUT2D eigenvalue weighted by molar-refractivity contribution is 0.0689. The number of aliphatic hydroxyl groups excluding tert-OH is 1. The Morgan fingerprint density at radius 2 is 1.61 bits per heavy atom. The Morgan fingerprint density at radius 1 is 1.17 bits per heavy atom. The molecule has 0 aliphatic carbocycles. The van der Waals surface area contributed by atoms with Crippen LogP contribution in [0.3, 0.4) is 0 Å². The molecule has 0 spiro atoms. The van der Waals surface area contributed by atoms with Gasteiger partial charge in [-0.3, -0.25) is 0 Å². The molecule has 0 aliphatic rings. The Bertz CT molecular complexity index is 322. The molecular weight excluding hydrogens is 246 g/mol. The smallest absolute Gasteiger partial charge is 0.144 e. The summed E-state index contributed by atoms with van der Waals surface area (Å²) >= 11 is 0. The summed E-state index contributed by atoms with van der Waals surface area (Å²) < 4.78 is 16.0. The number of rotatable bonds is 4. The lowest BCUT2D eigenvalue weighted by atomic mass is 9.84.